The highest BCUT2D eigenvalue weighted by atomic mass is 15.3. The zero-order valence-corrected chi connectivity index (χ0v) is 11.3. The molecule has 3 rings (SSSR count). The van der Waals surface area contributed by atoms with Gasteiger partial charge in [-0.05, 0) is 24.6 Å². The second kappa shape index (κ2) is 5.17. The fraction of sp³-hybridized carbons (Fsp3) is 0.125. The fourth-order valence-corrected chi connectivity index (χ4v) is 2.16. The third kappa shape index (κ3) is 2.40. The Labute approximate surface area is 117 Å². The lowest BCUT2D eigenvalue weighted by Crippen LogP contribution is -2.07. The van der Waals surface area contributed by atoms with Crippen molar-refractivity contribution in [2.75, 3.05) is 5.73 Å². The number of hydrogen-bond donors (Lipinski definition) is 1. The number of anilines is 1. The zero-order valence-electron chi connectivity index (χ0n) is 11.3. The van der Waals surface area contributed by atoms with E-state index >= 15 is 0 Å². The van der Waals surface area contributed by atoms with Crippen LogP contribution in [0.3, 0.4) is 0 Å². The number of nitrogens with two attached hydrogens (primary N) is 1. The zero-order chi connectivity index (χ0) is 13.9. The Hall–Kier alpha value is -2.62. The molecular formula is C16H16N4. The van der Waals surface area contributed by atoms with E-state index in [0.717, 1.165) is 11.3 Å². The molecule has 1 heterocycles. The molecule has 0 aliphatic rings. The Balaban J connectivity index is 1.91. The van der Waals surface area contributed by atoms with E-state index in [2.05, 4.69) is 29.1 Å². The number of aromatic nitrogens is 3. The van der Waals surface area contributed by atoms with Crippen LogP contribution >= 0.6 is 0 Å². The summed E-state index contributed by atoms with van der Waals surface area (Å²) in [5, 5.41) is 4.55. The normalized spacial score (nSPS) is 12.2. The van der Waals surface area contributed by atoms with Gasteiger partial charge in [-0.2, -0.15) is 5.10 Å². The van der Waals surface area contributed by atoms with Crippen molar-refractivity contribution >= 4 is 5.69 Å². The Bertz CT molecular complexity index is 703. The largest absolute Gasteiger partial charge is 0.399 e. The summed E-state index contributed by atoms with van der Waals surface area (Å²) in [6.07, 6.45) is 1.76. The molecule has 0 amide bonds. The molecule has 100 valence electrons. The molecule has 0 fully saturated rings. The molecule has 0 bridgehead atoms. The maximum atomic E-state index is 5.79. The van der Waals surface area contributed by atoms with E-state index < -0.39 is 0 Å². The summed E-state index contributed by atoms with van der Waals surface area (Å²) in [7, 11) is 0. The molecule has 1 aromatic heterocycles. The molecule has 3 aromatic rings. The van der Waals surface area contributed by atoms with E-state index in [1.54, 1.807) is 6.33 Å². The summed E-state index contributed by atoms with van der Waals surface area (Å²) in [6, 6.07) is 18.0. The average Bonchev–Trinajstić information content (AvgIpc) is 2.97. The summed E-state index contributed by atoms with van der Waals surface area (Å²) in [4.78, 5) is 4.37. The van der Waals surface area contributed by atoms with E-state index in [1.165, 1.54) is 5.56 Å². The quantitative estimate of drug-likeness (QED) is 0.739. The van der Waals surface area contributed by atoms with Gasteiger partial charge in [-0.25, -0.2) is 9.67 Å². The maximum Gasteiger partial charge on any atom is 0.181 e. The van der Waals surface area contributed by atoms with Crippen LogP contribution in [0.15, 0.2) is 60.9 Å². The minimum Gasteiger partial charge on any atom is -0.399 e. The molecule has 1 unspecified atom stereocenters. The van der Waals surface area contributed by atoms with E-state index in [-0.39, 0.29) is 6.04 Å². The van der Waals surface area contributed by atoms with Crippen molar-refractivity contribution in [2.24, 2.45) is 0 Å². The summed E-state index contributed by atoms with van der Waals surface area (Å²) in [5.41, 5.74) is 8.65. The molecule has 2 aromatic carbocycles. The number of benzene rings is 2. The Morgan fingerprint density at radius 1 is 1.05 bits per heavy atom. The third-order valence-corrected chi connectivity index (χ3v) is 3.33. The highest BCUT2D eigenvalue weighted by Gasteiger charge is 2.11. The Kier molecular flexibility index (Phi) is 3.21. The van der Waals surface area contributed by atoms with E-state index in [1.807, 2.05) is 47.1 Å². The summed E-state index contributed by atoms with van der Waals surface area (Å²) >= 11 is 0. The van der Waals surface area contributed by atoms with Crippen molar-refractivity contribution in [1.82, 2.24) is 14.8 Å². The summed E-state index contributed by atoms with van der Waals surface area (Å²) in [5.74, 6) is 0.695. The van der Waals surface area contributed by atoms with Crippen LogP contribution in [0.4, 0.5) is 5.69 Å². The number of rotatable bonds is 3. The van der Waals surface area contributed by atoms with Crippen molar-refractivity contribution in [3.63, 3.8) is 0 Å². The summed E-state index contributed by atoms with van der Waals surface area (Å²) < 4.78 is 1.87. The summed E-state index contributed by atoms with van der Waals surface area (Å²) in [6.45, 7) is 2.10. The fourth-order valence-electron chi connectivity index (χ4n) is 2.16. The first-order valence-corrected chi connectivity index (χ1v) is 6.56. The van der Waals surface area contributed by atoms with Crippen LogP contribution in [-0.4, -0.2) is 14.8 Å². The van der Waals surface area contributed by atoms with Gasteiger partial charge in [-0.3, -0.25) is 0 Å². The van der Waals surface area contributed by atoms with Crippen LogP contribution < -0.4 is 5.73 Å². The molecule has 0 saturated heterocycles. The van der Waals surface area contributed by atoms with E-state index in [9.17, 15) is 0 Å². The lowest BCUT2D eigenvalue weighted by atomic mass is 10.1. The molecule has 0 aliphatic heterocycles. The smallest absolute Gasteiger partial charge is 0.181 e. The SMILES string of the molecule is CC(c1ccccc1)n1cnc(-c2cccc(N)c2)n1. The highest BCUT2D eigenvalue weighted by molar-refractivity contribution is 5.60. The molecule has 20 heavy (non-hydrogen) atoms. The second-order valence-electron chi connectivity index (χ2n) is 4.76. The van der Waals surface area contributed by atoms with Crippen molar-refractivity contribution < 1.29 is 0 Å². The number of nitrogen functional groups attached to an aromatic ring is 1. The first-order chi connectivity index (χ1) is 9.74. The first-order valence-electron chi connectivity index (χ1n) is 6.56. The van der Waals surface area contributed by atoms with Gasteiger partial charge in [0.1, 0.15) is 6.33 Å². The molecule has 0 spiro atoms. The monoisotopic (exact) mass is 264 g/mol. The first kappa shape index (κ1) is 12.4. The number of hydrogen-bond acceptors (Lipinski definition) is 3. The maximum absolute atomic E-state index is 5.79. The minimum absolute atomic E-state index is 0.151. The van der Waals surface area contributed by atoms with Crippen LogP contribution in [0, 0.1) is 0 Å². The van der Waals surface area contributed by atoms with Gasteiger partial charge in [-0.1, -0.05) is 42.5 Å². The second-order valence-corrected chi connectivity index (χ2v) is 4.76. The molecule has 0 radical (unpaired) electrons. The lowest BCUT2D eigenvalue weighted by molar-refractivity contribution is 0.564. The van der Waals surface area contributed by atoms with Gasteiger partial charge in [0.2, 0.25) is 0 Å². The molecule has 4 heteroatoms. The molecule has 1 atom stereocenters. The predicted octanol–water partition coefficient (Wildman–Crippen LogP) is 3.14. The van der Waals surface area contributed by atoms with Gasteiger partial charge < -0.3 is 5.73 Å². The van der Waals surface area contributed by atoms with E-state index in [0.29, 0.717) is 5.82 Å². The van der Waals surface area contributed by atoms with Crippen molar-refractivity contribution in [2.45, 2.75) is 13.0 Å². The van der Waals surface area contributed by atoms with Gasteiger partial charge in [0.05, 0.1) is 6.04 Å². The van der Waals surface area contributed by atoms with Gasteiger partial charge >= 0.3 is 0 Å². The van der Waals surface area contributed by atoms with Crippen molar-refractivity contribution in [3.8, 4) is 11.4 Å². The standard InChI is InChI=1S/C16H16N4/c1-12(13-6-3-2-4-7-13)20-11-18-16(19-20)14-8-5-9-15(17)10-14/h2-12H,17H2,1H3. The van der Waals surface area contributed by atoms with Crippen molar-refractivity contribution in [1.29, 1.82) is 0 Å². The van der Waals surface area contributed by atoms with Crippen LogP contribution in [0.2, 0.25) is 0 Å². The van der Waals surface area contributed by atoms with Crippen LogP contribution in [0.5, 0.6) is 0 Å². The van der Waals surface area contributed by atoms with Gasteiger partial charge in [0, 0.05) is 11.3 Å². The van der Waals surface area contributed by atoms with Gasteiger partial charge in [0.15, 0.2) is 5.82 Å². The molecule has 0 aliphatic carbocycles. The van der Waals surface area contributed by atoms with Gasteiger partial charge in [0.25, 0.3) is 0 Å². The highest BCUT2D eigenvalue weighted by Crippen LogP contribution is 2.20. The molecule has 0 saturated carbocycles. The van der Waals surface area contributed by atoms with Crippen LogP contribution in [0.25, 0.3) is 11.4 Å². The Morgan fingerprint density at radius 3 is 2.60 bits per heavy atom. The average molecular weight is 264 g/mol. The van der Waals surface area contributed by atoms with Crippen LogP contribution in [0.1, 0.15) is 18.5 Å². The minimum atomic E-state index is 0.151. The molecular weight excluding hydrogens is 248 g/mol. The Morgan fingerprint density at radius 2 is 1.85 bits per heavy atom. The third-order valence-electron chi connectivity index (χ3n) is 3.33. The van der Waals surface area contributed by atoms with Gasteiger partial charge in [-0.15, -0.1) is 0 Å². The molecule has 2 N–H and O–H groups in total. The van der Waals surface area contributed by atoms with E-state index in [4.69, 9.17) is 5.73 Å². The topological polar surface area (TPSA) is 56.7 Å². The van der Waals surface area contributed by atoms with Crippen LogP contribution in [-0.2, 0) is 0 Å². The van der Waals surface area contributed by atoms with Crippen molar-refractivity contribution in [3.05, 3.63) is 66.5 Å². The lowest BCUT2D eigenvalue weighted by Gasteiger charge is -2.11. The molecule has 4 nitrogen and oxygen atoms in total. The predicted molar refractivity (Wildman–Crippen MR) is 80.1 cm³/mol. The number of nitrogens with zero attached hydrogens (tertiary/aromatic N) is 3.